The third-order valence-electron chi connectivity index (χ3n) is 4.33. The van der Waals surface area contributed by atoms with Gasteiger partial charge in [0.2, 0.25) is 0 Å². The van der Waals surface area contributed by atoms with Crippen LogP contribution in [0.1, 0.15) is 21.7 Å². The number of halogens is 1. The monoisotopic (exact) mass is 388 g/mol. The number of nitrogens with zero attached hydrogens (tertiary/aromatic N) is 2. The normalized spacial score (nSPS) is 16.6. The number of carbonyl (C=O) groups is 1. The minimum atomic E-state index is -0.506. The van der Waals surface area contributed by atoms with Crippen molar-refractivity contribution in [1.82, 2.24) is 9.97 Å². The molecule has 3 heterocycles. The molecular weight excluding hydrogens is 371 g/mol. The second-order valence-electron chi connectivity index (χ2n) is 6.19. The van der Waals surface area contributed by atoms with Crippen molar-refractivity contribution in [1.29, 1.82) is 0 Å². The summed E-state index contributed by atoms with van der Waals surface area (Å²) in [5.74, 6) is -0.0285. The van der Waals surface area contributed by atoms with E-state index in [0.29, 0.717) is 51.1 Å². The highest BCUT2D eigenvalue weighted by Gasteiger charge is 2.21. The van der Waals surface area contributed by atoms with Gasteiger partial charge in [0.1, 0.15) is 34.6 Å². The Bertz CT molecular complexity index is 1020. The average molecular weight is 388 g/mol. The lowest BCUT2D eigenvalue weighted by Crippen LogP contribution is -2.16. The Morgan fingerprint density at radius 1 is 1.44 bits per heavy atom. The van der Waals surface area contributed by atoms with Crippen molar-refractivity contribution in [3.05, 3.63) is 40.8 Å². The Labute approximate surface area is 158 Å². The Kier molecular flexibility index (Phi) is 4.63. The van der Waals surface area contributed by atoms with Crippen LogP contribution in [-0.4, -0.2) is 35.2 Å². The Morgan fingerprint density at radius 2 is 2.30 bits per heavy atom. The van der Waals surface area contributed by atoms with Gasteiger partial charge in [0.25, 0.3) is 5.91 Å². The molecule has 27 heavy (non-hydrogen) atoms. The molecule has 1 aliphatic heterocycles. The molecule has 3 aromatic rings. The third kappa shape index (κ3) is 3.43. The summed E-state index contributed by atoms with van der Waals surface area (Å²) in [5.41, 5.74) is 6.71. The van der Waals surface area contributed by atoms with E-state index >= 15 is 0 Å². The topological polar surface area (TPSA) is 99.4 Å². The summed E-state index contributed by atoms with van der Waals surface area (Å²) < 4.78 is 25.0. The predicted octanol–water partition coefficient (Wildman–Crippen LogP) is 3.15. The van der Waals surface area contributed by atoms with Gasteiger partial charge in [0.15, 0.2) is 0 Å². The van der Waals surface area contributed by atoms with Gasteiger partial charge < -0.3 is 20.5 Å². The summed E-state index contributed by atoms with van der Waals surface area (Å²) in [6, 6.07) is 4.26. The number of primary amides is 1. The smallest absolute Gasteiger partial charge is 0.259 e. The van der Waals surface area contributed by atoms with Crippen LogP contribution < -0.4 is 15.8 Å². The first kappa shape index (κ1) is 17.6. The molecule has 1 fully saturated rings. The Morgan fingerprint density at radius 3 is 3.04 bits per heavy atom. The van der Waals surface area contributed by atoms with E-state index in [0.717, 1.165) is 6.42 Å². The Hall–Kier alpha value is -2.78. The zero-order valence-electron chi connectivity index (χ0n) is 14.5. The molecule has 1 atom stereocenters. The van der Waals surface area contributed by atoms with Crippen molar-refractivity contribution >= 4 is 39.0 Å². The van der Waals surface area contributed by atoms with Crippen LogP contribution in [0.5, 0.6) is 5.75 Å². The number of benzene rings is 1. The van der Waals surface area contributed by atoms with E-state index in [4.69, 9.17) is 15.2 Å². The quantitative estimate of drug-likeness (QED) is 0.697. The summed E-state index contributed by atoms with van der Waals surface area (Å²) in [6.07, 6.45) is 2.03. The maximum Gasteiger partial charge on any atom is 0.259 e. The largest absolute Gasteiger partial charge is 0.486 e. The SMILES string of the molecule is Cc1c(C(N)=O)sc2ncnc(Nc3ccc(F)cc3OC3CCOC3)c12. The molecule has 1 aromatic carbocycles. The highest BCUT2D eigenvalue weighted by atomic mass is 32.1. The minimum Gasteiger partial charge on any atom is -0.486 e. The number of nitrogens with two attached hydrogens (primary N) is 1. The number of hydrogen-bond acceptors (Lipinski definition) is 7. The van der Waals surface area contributed by atoms with Gasteiger partial charge in [-0.15, -0.1) is 11.3 Å². The van der Waals surface area contributed by atoms with Crippen molar-refractivity contribution in [2.24, 2.45) is 5.73 Å². The highest BCUT2D eigenvalue weighted by Crippen LogP contribution is 2.36. The van der Waals surface area contributed by atoms with E-state index in [1.165, 1.54) is 29.8 Å². The standard InChI is InChI=1S/C18H17FN4O3S/c1-9-14-17(21-8-22-18(14)27-15(9)16(20)24)23-12-3-2-10(19)6-13(12)26-11-4-5-25-7-11/h2-3,6,8,11H,4-5,7H2,1H3,(H2,20,24)(H,21,22,23). The lowest BCUT2D eigenvalue weighted by Gasteiger charge is -2.17. The van der Waals surface area contributed by atoms with Crippen LogP contribution in [0.2, 0.25) is 0 Å². The highest BCUT2D eigenvalue weighted by molar-refractivity contribution is 7.20. The summed E-state index contributed by atoms with van der Waals surface area (Å²) in [7, 11) is 0. The number of nitrogens with one attached hydrogen (secondary N) is 1. The fourth-order valence-corrected chi connectivity index (χ4v) is 4.01. The summed E-state index contributed by atoms with van der Waals surface area (Å²) in [5, 5.41) is 3.89. The molecule has 0 aliphatic carbocycles. The molecule has 9 heteroatoms. The molecule has 0 spiro atoms. The number of rotatable bonds is 5. The number of aromatic nitrogens is 2. The fraction of sp³-hybridized carbons (Fsp3) is 0.278. The Balaban J connectivity index is 1.73. The van der Waals surface area contributed by atoms with Gasteiger partial charge in [-0.2, -0.15) is 0 Å². The van der Waals surface area contributed by atoms with E-state index in [1.54, 1.807) is 13.0 Å². The summed E-state index contributed by atoms with van der Waals surface area (Å²) in [4.78, 5) is 21.2. The minimum absolute atomic E-state index is 0.123. The molecule has 140 valence electrons. The van der Waals surface area contributed by atoms with Crippen molar-refractivity contribution in [3.63, 3.8) is 0 Å². The van der Waals surface area contributed by atoms with Crippen LogP contribution in [0, 0.1) is 12.7 Å². The molecule has 0 bridgehead atoms. The van der Waals surface area contributed by atoms with Gasteiger partial charge in [-0.25, -0.2) is 14.4 Å². The summed E-state index contributed by atoms with van der Waals surface area (Å²) >= 11 is 1.22. The number of carbonyl (C=O) groups excluding carboxylic acids is 1. The van der Waals surface area contributed by atoms with Crippen LogP contribution >= 0.6 is 11.3 Å². The van der Waals surface area contributed by atoms with Crippen molar-refractivity contribution in [2.45, 2.75) is 19.4 Å². The van der Waals surface area contributed by atoms with Crippen LogP contribution in [0.25, 0.3) is 10.2 Å². The molecule has 1 aliphatic rings. The zero-order valence-corrected chi connectivity index (χ0v) is 15.3. The van der Waals surface area contributed by atoms with Gasteiger partial charge in [0.05, 0.1) is 29.2 Å². The molecule has 2 aromatic heterocycles. The third-order valence-corrected chi connectivity index (χ3v) is 5.54. The molecular formula is C18H17FN4O3S. The average Bonchev–Trinajstić information content (AvgIpc) is 3.26. The second-order valence-corrected chi connectivity index (χ2v) is 7.19. The van der Waals surface area contributed by atoms with E-state index in [-0.39, 0.29) is 6.10 Å². The molecule has 1 amide bonds. The molecule has 7 nitrogen and oxygen atoms in total. The van der Waals surface area contributed by atoms with E-state index in [2.05, 4.69) is 15.3 Å². The van der Waals surface area contributed by atoms with E-state index < -0.39 is 11.7 Å². The van der Waals surface area contributed by atoms with Crippen LogP contribution in [0.4, 0.5) is 15.9 Å². The van der Waals surface area contributed by atoms with Crippen LogP contribution in [0.15, 0.2) is 24.5 Å². The number of anilines is 2. The summed E-state index contributed by atoms with van der Waals surface area (Å²) in [6.45, 7) is 2.89. The first-order chi connectivity index (χ1) is 13.0. The maximum absolute atomic E-state index is 13.8. The number of amides is 1. The molecule has 0 radical (unpaired) electrons. The first-order valence-electron chi connectivity index (χ1n) is 8.38. The van der Waals surface area contributed by atoms with Crippen LogP contribution in [0.3, 0.4) is 0 Å². The predicted molar refractivity (Wildman–Crippen MR) is 100 cm³/mol. The number of fused-ring (bicyclic) bond motifs is 1. The lowest BCUT2D eigenvalue weighted by molar-refractivity contribution is 0.100. The van der Waals surface area contributed by atoms with E-state index in [1.807, 2.05) is 0 Å². The molecule has 4 rings (SSSR count). The molecule has 1 unspecified atom stereocenters. The molecule has 0 saturated carbocycles. The molecule has 3 N–H and O–H groups in total. The number of thiophene rings is 1. The second kappa shape index (κ2) is 7.09. The van der Waals surface area contributed by atoms with Crippen molar-refractivity contribution in [2.75, 3.05) is 18.5 Å². The zero-order chi connectivity index (χ0) is 19.0. The lowest BCUT2D eigenvalue weighted by atomic mass is 10.2. The van der Waals surface area contributed by atoms with Crippen molar-refractivity contribution in [3.8, 4) is 5.75 Å². The number of ether oxygens (including phenoxy) is 2. The van der Waals surface area contributed by atoms with Crippen LogP contribution in [-0.2, 0) is 4.74 Å². The van der Waals surface area contributed by atoms with E-state index in [9.17, 15) is 9.18 Å². The van der Waals surface area contributed by atoms with Gasteiger partial charge >= 0.3 is 0 Å². The molecule has 1 saturated heterocycles. The number of aryl methyl sites for hydroxylation is 1. The maximum atomic E-state index is 13.8. The van der Waals surface area contributed by atoms with Gasteiger partial charge in [-0.3, -0.25) is 4.79 Å². The van der Waals surface area contributed by atoms with Crippen molar-refractivity contribution < 1.29 is 18.7 Å². The number of hydrogen-bond donors (Lipinski definition) is 2. The fourth-order valence-electron chi connectivity index (χ4n) is 3.01. The van der Waals surface area contributed by atoms with Gasteiger partial charge in [-0.1, -0.05) is 0 Å². The van der Waals surface area contributed by atoms with Gasteiger partial charge in [-0.05, 0) is 24.6 Å². The van der Waals surface area contributed by atoms with Gasteiger partial charge in [0, 0.05) is 12.5 Å². The first-order valence-corrected chi connectivity index (χ1v) is 9.19.